The Balaban J connectivity index is 3.72. The Hall–Kier alpha value is -0.610. The molecule has 0 aliphatic carbocycles. The number of carbonyl (C=O) groups is 1. The first-order valence-electron chi connectivity index (χ1n) is 6.83. The molecule has 0 saturated carbocycles. The maximum Gasteiger partial charge on any atom is 0.237 e. The fourth-order valence-corrected chi connectivity index (χ4v) is 1.77. The summed E-state index contributed by atoms with van der Waals surface area (Å²) >= 11 is 0. The van der Waals surface area contributed by atoms with Crippen LogP contribution in [0.5, 0.6) is 0 Å². The van der Waals surface area contributed by atoms with E-state index in [9.17, 15) is 4.79 Å². The van der Waals surface area contributed by atoms with Gasteiger partial charge in [-0.15, -0.1) is 0 Å². The van der Waals surface area contributed by atoms with Gasteiger partial charge in [-0.25, -0.2) is 0 Å². The monoisotopic (exact) mass is 243 g/mol. The maximum atomic E-state index is 11.5. The molecule has 17 heavy (non-hydrogen) atoms. The minimum atomic E-state index is -0.361. The first-order chi connectivity index (χ1) is 8.04. The smallest absolute Gasteiger partial charge is 0.237 e. The second-order valence-corrected chi connectivity index (χ2v) is 4.59. The van der Waals surface area contributed by atoms with Crippen LogP contribution in [0, 0.1) is 0 Å². The fourth-order valence-electron chi connectivity index (χ4n) is 1.77. The quantitative estimate of drug-likeness (QED) is 0.643. The van der Waals surface area contributed by atoms with Crippen LogP contribution >= 0.6 is 0 Å². The van der Waals surface area contributed by atoms with Crippen molar-refractivity contribution in [1.82, 2.24) is 10.2 Å². The number of nitrogens with one attached hydrogen (secondary N) is 1. The van der Waals surface area contributed by atoms with E-state index in [-0.39, 0.29) is 18.0 Å². The predicted molar refractivity (Wildman–Crippen MR) is 72.9 cm³/mol. The van der Waals surface area contributed by atoms with Crippen LogP contribution in [0.25, 0.3) is 0 Å². The molecular formula is C13H29N3O. The maximum absolute atomic E-state index is 11.5. The molecule has 0 bridgehead atoms. The van der Waals surface area contributed by atoms with E-state index in [0.29, 0.717) is 6.42 Å². The summed E-state index contributed by atoms with van der Waals surface area (Å²) in [6, 6.07) is -0.143. The largest absolute Gasteiger partial charge is 0.352 e. The lowest BCUT2D eigenvalue weighted by molar-refractivity contribution is -0.123. The third-order valence-corrected chi connectivity index (χ3v) is 3.17. The Morgan fingerprint density at radius 3 is 2.35 bits per heavy atom. The lowest BCUT2D eigenvalue weighted by Crippen LogP contribution is -2.44. The standard InChI is InChI=1S/C13H29N3O/c1-5-12(14)13(17)15-11(4)9-8-10-16(6-2)7-3/h11-12H,5-10,14H2,1-4H3,(H,15,17). The molecule has 0 rings (SSSR count). The molecule has 0 aromatic heterocycles. The number of amides is 1. The van der Waals surface area contributed by atoms with Gasteiger partial charge in [-0.1, -0.05) is 20.8 Å². The van der Waals surface area contributed by atoms with Gasteiger partial charge in [0.1, 0.15) is 0 Å². The molecule has 0 aromatic carbocycles. The molecule has 0 radical (unpaired) electrons. The molecule has 3 N–H and O–H groups in total. The van der Waals surface area contributed by atoms with Crippen LogP contribution in [0.15, 0.2) is 0 Å². The topological polar surface area (TPSA) is 58.4 Å². The van der Waals surface area contributed by atoms with Crippen molar-refractivity contribution in [2.24, 2.45) is 5.73 Å². The molecular weight excluding hydrogens is 214 g/mol. The number of nitrogens with zero attached hydrogens (tertiary/aromatic N) is 1. The third-order valence-electron chi connectivity index (χ3n) is 3.17. The van der Waals surface area contributed by atoms with Crippen LogP contribution in [0.1, 0.15) is 47.0 Å². The Labute approximate surface area is 106 Å². The van der Waals surface area contributed by atoms with Crippen LogP contribution in [-0.2, 0) is 4.79 Å². The molecule has 102 valence electrons. The van der Waals surface area contributed by atoms with Gasteiger partial charge in [0, 0.05) is 6.04 Å². The second kappa shape index (κ2) is 9.42. The first kappa shape index (κ1) is 16.4. The summed E-state index contributed by atoms with van der Waals surface area (Å²) in [5.41, 5.74) is 5.66. The fraction of sp³-hybridized carbons (Fsp3) is 0.923. The average molecular weight is 243 g/mol. The third kappa shape index (κ3) is 7.34. The van der Waals surface area contributed by atoms with Crippen LogP contribution in [0.4, 0.5) is 0 Å². The van der Waals surface area contributed by atoms with Crippen molar-refractivity contribution in [3.8, 4) is 0 Å². The normalized spacial score (nSPS) is 14.7. The van der Waals surface area contributed by atoms with Gasteiger partial charge in [-0.3, -0.25) is 4.79 Å². The van der Waals surface area contributed by atoms with Crippen LogP contribution < -0.4 is 11.1 Å². The summed E-state index contributed by atoms with van der Waals surface area (Å²) in [5, 5.41) is 2.96. The highest BCUT2D eigenvalue weighted by Gasteiger charge is 2.13. The number of hydrogen-bond donors (Lipinski definition) is 2. The van der Waals surface area contributed by atoms with Gasteiger partial charge in [0.15, 0.2) is 0 Å². The van der Waals surface area contributed by atoms with E-state index in [0.717, 1.165) is 32.5 Å². The summed E-state index contributed by atoms with van der Waals surface area (Å²) in [7, 11) is 0. The van der Waals surface area contributed by atoms with E-state index >= 15 is 0 Å². The van der Waals surface area contributed by atoms with Crippen LogP contribution in [0.2, 0.25) is 0 Å². The van der Waals surface area contributed by atoms with Crippen molar-refractivity contribution in [3.63, 3.8) is 0 Å². The Morgan fingerprint density at radius 1 is 1.29 bits per heavy atom. The summed E-state index contributed by atoms with van der Waals surface area (Å²) < 4.78 is 0. The van der Waals surface area contributed by atoms with Gasteiger partial charge >= 0.3 is 0 Å². The molecule has 0 heterocycles. The summed E-state index contributed by atoms with van der Waals surface area (Å²) in [4.78, 5) is 13.9. The van der Waals surface area contributed by atoms with Gasteiger partial charge in [0.05, 0.1) is 6.04 Å². The van der Waals surface area contributed by atoms with E-state index in [4.69, 9.17) is 5.73 Å². The van der Waals surface area contributed by atoms with Crippen molar-refractivity contribution < 1.29 is 4.79 Å². The average Bonchev–Trinajstić information content (AvgIpc) is 2.33. The number of hydrogen-bond acceptors (Lipinski definition) is 3. The molecule has 0 aliphatic rings. The summed E-state index contributed by atoms with van der Waals surface area (Å²) in [5.74, 6) is -0.0251. The molecule has 4 heteroatoms. The highest BCUT2D eigenvalue weighted by atomic mass is 16.2. The van der Waals surface area contributed by atoms with Crippen molar-refractivity contribution in [2.45, 2.75) is 59.0 Å². The minimum Gasteiger partial charge on any atom is -0.352 e. The van der Waals surface area contributed by atoms with E-state index < -0.39 is 0 Å². The molecule has 2 atom stereocenters. The molecule has 0 aromatic rings. The summed E-state index contributed by atoms with van der Waals surface area (Å²) in [6.07, 6.45) is 2.82. The van der Waals surface area contributed by atoms with Gasteiger partial charge in [-0.05, 0) is 45.8 Å². The molecule has 4 nitrogen and oxygen atoms in total. The Kier molecular flexibility index (Phi) is 9.09. The molecule has 2 unspecified atom stereocenters. The van der Waals surface area contributed by atoms with E-state index in [2.05, 4.69) is 24.1 Å². The molecule has 1 amide bonds. The van der Waals surface area contributed by atoms with Gasteiger partial charge in [0.2, 0.25) is 5.91 Å². The zero-order chi connectivity index (χ0) is 13.3. The van der Waals surface area contributed by atoms with Crippen molar-refractivity contribution in [3.05, 3.63) is 0 Å². The second-order valence-electron chi connectivity index (χ2n) is 4.59. The van der Waals surface area contributed by atoms with Gasteiger partial charge in [-0.2, -0.15) is 0 Å². The van der Waals surface area contributed by atoms with E-state index in [1.165, 1.54) is 0 Å². The summed E-state index contributed by atoms with van der Waals surface area (Å²) in [6.45, 7) is 11.6. The van der Waals surface area contributed by atoms with Crippen LogP contribution in [0.3, 0.4) is 0 Å². The highest BCUT2D eigenvalue weighted by molar-refractivity contribution is 5.81. The minimum absolute atomic E-state index is 0.0251. The zero-order valence-corrected chi connectivity index (χ0v) is 11.8. The van der Waals surface area contributed by atoms with E-state index in [1.54, 1.807) is 0 Å². The lowest BCUT2D eigenvalue weighted by atomic mass is 10.1. The lowest BCUT2D eigenvalue weighted by Gasteiger charge is -2.20. The molecule has 0 saturated heterocycles. The zero-order valence-electron chi connectivity index (χ0n) is 11.8. The highest BCUT2D eigenvalue weighted by Crippen LogP contribution is 2.00. The molecule has 0 aliphatic heterocycles. The number of carbonyl (C=O) groups excluding carboxylic acids is 1. The van der Waals surface area contributed by atoms with Gasteiger partial charge in [0.25, 0.3) is 0 Å². The van der Waals surface area contributed by atoms with E-state index in [1.807, 2.05) is 13.8 Å². The number of nitrogens with two attached hydrogens (primary N) is 1. The van der Waals surface area contributed by atoms with Crippen molar-refractivity contribution >= 4 is 5.91 Å². The SMILES string of the molecule is CCC(N)C(=O)NC(C)CCCN(CC)CC. The van der Waals surface area contributed by atoms with Gasteiger partial charge < -0.3 is 16.0 Å². The van der Waals surface area contributed by atoms with Crippen molar-refractivity contribution in [2.75, 3.05) is 19.6 Å². The Bertz CT molecular complexity index is 205. The number of rotatable bonds is 9. The molecule has 0 spiro atoms. The molecule has 0 fully saturated rings. The predicted octanol–water partition coefficient (Wildman–Crippen LogP) is 1.35. The Morgan fingerprint density at radius 2 is 1.88 bits per heavy atom. The van der Waals surface area contributed by atoms with Crippen LogP contribution in [-0.4, -0.2) is 42.5 Å². The van der Waals surface area contributed by atoms with Crippen molar-refractivity contribution in [1.29, 1.82) is 0 Å². The first-order valence-corrected chi connectivity index (χ1v) is 6.83.